The molecule has 13 heavy (non-hydrogen) atoms. The summed E-state index contributed by atoms with van der Waals surface area (Å²) in [6, 6.07) is 0.603. The van der Waals surface area contributed by atoms with E-state index in [9.17, 15) is 0 Å². The number of aliphatic hydroxyl groups is 1. The number of rotatable bonds is 4. The van der Waals surface area contributed by atoms with Crippen LogP contribution < -0.4 is 0 Å². The fourth-order valence-corrected chi connectivity index (χ4v) is 2.08. The minimum atomic E-state index is 0.255. The summed E-state index contributed by atoms with van der Waals surface area (Å²) in [5, 5.41) is 8.82. The average Bonchev–Trinajstić information content (AvgIpc) is 2.18. The van der Waals surface area contributed by atoms with Crippen molar-refractivity contribution < 1.29 is 9.84 Å². The molecule has 0 saturated heterocycles. The molecule has 2 unspecified atom stereocenters. The third kappa shape index (κ3) is 3.25. The van der Waals surface area contributed by atoms with Gasteiger partial charge in [-0.2, -0.15) is 0 Å². The van der Waals surface area contributed by atoms with Crippen molar-refractivity contribution in [3.05, 3.63) is 0 Å². The van der Waals surface area contributed by atoms with Crippen LogP contribution in [0.3, 0.4) is 0 Å². The van der Waals surface area contributed by atoms with Gasteiger partial charge in [-0.25, -0.2) is 0 Å². The Balaban J connectivity index is 2.32. The number of methoxy groups -OCH3 is 1. The maximum atomic E-state index is 8.82. The first-order valence-electron chi connectivity index (χ1n) is 5.11. The summed E-state index contributed by atoms with van der Waals surface area (Å²) >= 11 is 0. The molecular formula is C10H21NO2. The van der Waals surface area contributed by atoms with Gasteiger partial charge in [0.2, 0.25) is 0 Å². The second kappa shape index (κ2) is 5.58. The van der Waals surface area contributed by atoms with E-state index in [0.29, 0.717) is 12.1 Å². The summed E-state index contributed by atoms with van der Waals surface area (Å²) in [7, 11) is 3.87. The number of hydrogen-bond donors (Lipinski definition) is 1. The average molecular weight is 187 g/mol. The summed E-state index contributed by atoms with van der Waals surface area (Å²) in [5.74, 6) is 0. The molecule has 0 aromatic rings. The zero-order valence-electron chi connectivity index (χ0n) is 8.70. The predicted molar refractivity (Wildman–Crippen MR) is 52.8 cm³/mol. The Labute approximate surface area is 80.7 Å². The highest BCUT2D eigenvalue weighted by molar-refractivity contribution is 4.79. The van der Waals surface area contributed by atoms with Gasteiger partial charge in [0, 0.05) is 19.7 Å². The van der Waals surface area contributed by atoms with Crippen LogP contribution in [0.2, 0.25) is 0 Å². The molecule has 1 fully saturated rings. The van der Waals surface area contributed by atoms with Gasteiger partial charge in [-0.3, -0.25) is 0 Å². The van der Waals surface area contributed by atoms with Crippen LogP contribution in [0.1, 0.15) is 25.7 Å². The molecule has 1 rings (SSSR count). The van der Waals surface area contributed by atoms with E-state index >= 15 is 0 Å². The van der Waals surface area contributed by atoms with E-state index in [-0.39, 0.29) is 6.61 Å². The lowest BCUT2D eigenvalue weighted by atomic mass is 9.92. The second-order valence-electron chi connectivity index (χ2n) is 3.88. The van der Waals surface area contributed by atoms with Crippen molar-refractivity contribution >= 4 is 0 Å². The van der Waals surface area contributed by atoms with Gasteiger partial charge in [0.15, 0.2) is 0 Å². The summed E-state index contributed by atoms with van der Waals surface area (Å²) < 4.78 is 5.36. The minimum absolute atomic E-state index is 0.255. The maximum absolute atomic E-state index is 8.82. The first-order valence-corrected chi connectivity index (χ1v) is 5.11. The van der Waals surface area contributed by atoms with Gasteiger partial charge in [-0.05, 0) is 32.7 Å². The summed E-state index contributed by atoms with van der Waals surface area (Å²) in [4.78, 5) is 2.24. The van der Waals surface area contributed by atoms with Crippen LogP contribution in [-0.4, -0.2) is 49.5 Å². The number of hydrogen-bond acceptors (Lipinski definition) is 3. The van der Waals surface area contributed by atoms with Crippen molar-refractivity contribution in [2.24, 2.45) is 0 Å². The lowest BCUT2D eigenvalue weighted by molar-refractivity contribution is 0.0310. The number of likely N-dealkylation sites (N-methyl/N-ethyl adjacent to an activating group) is 1. The first-order chi connectivity index (χ1) is 6.27. The standard InChI is InChI=1S/C10H21NO2/c1-11(6-7-12)9-4-3-5-10(8-9)13-2/h9-10,12H,3-8H2,1-2H3. The molecular weight excluding hydrogens is 166 g/mol. The van der Waals surface area contributed by atoms with Crippen molar-refractivity contribution in [1.29, 1.82) is 0 Å². The van der Waals surface area contributed by atoms with Crippen LogP contribution in [0.25, 0.3) is 0 Å². The zero-order chi connectivity index (χ0) is 9.68. The Bertz CT molecular complexity index is 141. The molecule has 0 aliphatic heterocycles. The van der Waals surface area contributed by atoms with Crippen molar-refractivity contribution in [2.45, 2.75) is 37.8 Å². The Morgan fingerprint density at radius 3 is 2.85 bits per heavy atom. The van der Waals surface area contributed by atoms with Crippen molar-refractivity contribution in [2.75, 3.05) is 27.3 Å². The van der Waals surface area contributed by atoms with E-state index in [1.807, 2.05) is 0 Å². The van der Waals surface area contributed by atoms with Crippen LogP contribution in [0.15, 0.2) is 0 Å². The van der Waals surface area contributed by atoms with Crippen molar-refractivity contribution in [1.82, 2.24) is 4.90 Å². The fraction of sp³-hybridized carbons (Fsp3) is 1.00. The molecule has 1 aliphatic rings. The highest BCUT2D eigenvalue weighted by Gasteiger charge is 2.24. The van der Waals surface area contributed by atoms with E-state index < -0.39 is 0 Å². The maximum Gasteiger partial charge on any atom is 0.0586 e. The van der Waals surface area contributed by atoms with Gasteiger partial charge in [0.05, 0.1) is 12.7 Å². The molecule has 1 aliphatic carbocycles. The molecule has 1 N–H and O–H groups in total. The SMILES string of the molecule is COC1CCCC(N(C)CCO)C1. The van der Waals surface area contributed by atoms with E-state index in [4.69, 9.17) is 9.84 Å². The van der Waals surface area contributed by atoms with Crippen LogP contribution in [0.4, 0.5) is 0 Å². The number of nitrogens with zero attached hydrogens (tertiary/aromatic N) is 1. The minimum Gasteiger partial charge on any atom is -0.395 e. The van der Waals surface area contributed by atoms with Gasteiger partial charge >= 0.3 is 0 Å². The third-order valence-electron chi connectivity index (χ3n) is 3.01. The van der Waals surface area contributed by atoms with Crippen molar-refractivity contribution in [3.8, 4) is 0 Å². The molecule has 1 saturated carbocycles. The zero-order valence-corrected chi connectivity index (χ0v) is 8.70. The topological polar surface area (TPSA) is 32.7 Å². The third-order valence-corrected chi connectivity index (χ3v) is 3.01. The predicted octanol–water partition coefficient (Wildman–Crippen LogP) is 0.868. The van der Waals surface area contributed by atoms with Crippen LogP contribution in [0.5, 0.6) is 0 Å². The number of aliphatic hydroxyl groups excluding tert-OH is 1. The summed E-state index contributed by atoms with van der Waals surface area (Å²) in [6.45, 7) is 1.03. The molecule has 0 radical (unpaired) electrons. The van der Waals surface area contributed by atoms with Crippen LogP contribution in [0, 0.1) is 0 Å². The summed E-state index contributed by atoms with van der Waals surface area (Å²) in [6.07, 6.45) is 5.24. The van der Waals surface area contributed by atoms with E-state index in [1.165, 1.54) is 19.3 Å². The molecule has 0 aromatic heterocycles. The molecule has 0 bridgehead atoms. The molecule has 0 amide bonds. The molecule has 3 nitrogen and oxygen atoms in total. The molecule has 2 atom stereocenters. The van der Waals surface area contributed by atoms with Crippen molar-refractivity contribution in [3.63, 3.8) is 0 Å². The lowest BCUT2D eigenvalue weighted by Crippen LogP contribution is -2.39. The Morgan fingerprint density at radius 2 is 2.23 bits per heavy atom. The molecule has 0 heterocycles. The fourth-order valence-electron chi connectivity index (χ4n) is 2.08. The largest absolute Gasteiger partial charge is 0.395 e. The lowest BCUT2D eigenvalue weighted by Gasteiger charge is -2.34. The number of ether oxygens (including phenoxy) is 1. The first kappa shape index (κ1) is 11.0. The smallest absolute Gasteiger partial charge is 0.0586 e. The van der Waals surface area contributed by atoms with E-state index in [2.05, 4.69) is 11.9 Å². The Hall–Kier alpha value is -0.120. The quantitative estimate of drug-likeness (QED) is 0.709. The van der Waals surface area contributed by atoms with E-state index in [0.717, 1.165) is 13.0 Å². The van der Waals surface area contributed by atoms with Crippen LogP contribution >= 0.6 is 0 Å². The molecule has 0 aromatic carbocycles. The normalized spacial score (nSPS) is 29.5. The molecule has 0 spiro atoms. The molecule has 78 valence electrons. The highest BCUT2D eigenvalue weighted by atomic mass is 16.5. The summed E-state index contributed by atoms with van der Waals surface area (Å²) in [5.41, 5.74) is 0. The highest BCUT2D eigenvalue weighted by Crippen LogP contribution is 2.23. The van der Waals surface area contributed by atoms with Gasteiger partial charge in [-0.1, -0.05) is 0 Å². The second-order valence-corrected chi connectivity index (χ2v) is 3.88. The van der Waals surface area contributed by atoms with Gasteiger partial charge < -0.3 is 14.7 Å². The monoisotopic (exact) mass is 187 g/mol. The van der Waals surface area contributed by atoms with E-state index in [1.54, 1.807) is 7.11 Å². The molecule has 3 heteroatoms. The van der Waals surface area contributed by atoms with Gasteiger partial charge in [0.1, 0.15) is 0 Å². The van der Waals surface area contributed by atoms with Gasteiger partial charge in [0.25, 0.3) is 0 Å². The van der Waals surface area contributed by atoms with Gasteiger partial charge in [-0.15, -0.1) is 0 Å². The van der Waals surface area contributed by atoms with Crippen LogP contribution in [-0.2, 0) is 4.74 Å². The Morgan fingerprint density at radius 1 is 1.46 bits per heavy atom. The Kier molecular flexibility index (Phi) is 4.70.